The van der Waals surface area contributed by atoms with Crippen molar-refractivity contribution in [2.75, 3.05) is 34.9 Å². The minimum absolute atomic E-state index is 0.267. The van der Waals surface area contributed by atoms with Gasteiger partial charge in [0, 0.05) is 24.4 Å². The van der Waals surface area contributed by atoms with Crippen LogP contribution in [0.3, 0.4) is 0 Å². The van der Waals surface area contributed by atoms with E-state index in [9.17, 15) is 8.42 Å². The second-order valence-electron chi connectivity index (χ2n) is 6.58. The molecule has 6 nitrogen and oxygen atoms in total. The maximum atomic E-state index is 13.2. The summed E-state index contributed by atoms with van der Waals surface area (Å²) in [6.07, 6.45) is 0.546. The van der Waals surface area contributed by atoms with Crippen LogP contribution in [0.4, 0.5) is 0 Å². The Bertz CT molecular complexity index is 1110. The molecule has 0 amide bonds. The van der Waals surface area contributed by atoms with E-state index in [1.807, 2.05) is 36.4 Å². The zero-order chi connectivity index (χ0) is 21.0. The van der Waals surface area contributed by atoms with E-state index in [-0.39, 0.29) is 4.90 Å². The van der Waals surface area contributed by atoms with Gasteiger partial charge in [0.05, 0.1) is 26.2 Å². The smallest absolute Gasteiger partial charge is 0.243 e. The average Bonchev–Trinajstić information content (AvgIpc) is 2.76. The zero-order valence-electron chi connectivity index (χ0n) is 17.0. The molecule has 0 aromatic heterocycles. The largest absolute Gasteiger partial charge is 0.496 e. The first kappa shape index (κ1) is 21.0. The van der Waals surface area contributed by atoms with Crippen LogP contribution in [0.2, 0.25) is 0 Å². The number of hydrogen-bond acceptors (Lipinski definition) is 5. The van der Waals surface area contributed by atoms with E-state index in [0.29, 0.717) is 35.6 Å². The van der Waals surface area contributed by atoms with Gasteiger partial charge in [-0.15, -0.1) is 0 Å². The van der Waals surface area contributed by atoms with Gasteiger partial charge in [0.1, 0.15) is 5.75 Å². The summed E-state index contributed by atoms with van der Waals surface area (Å²) in [6.45, 7) is 0.332. The fraction of sp³-hybridized carbons (Fsp3) is 0.273. The number of sulfonamides is 1. The number of methoxy groups -OCH3 is 3. The van der Waals surface area contributed by atoms with Gasteiger partial charge in [-0.3, -0.25) is 0 Å². The topological polar surface area (TPSA) is 65.1 Å². The number of nitrogens with zero attached hydrogens (tertiary/aromatic N) is 1. The van der Waals surface area contributed by atoms with Gasteiger partial charge in [-0.2, -0.15) is 0 Å². The fourth-order valence-electron chi connectivity index (χ4n) is 3.26. The summed E-state index contributed by atoms with van der Waals surface area (Å²) < 4.78 is 43.8. The van der Waals surface area contributed by atoms with Crippen molar-refractivity contribution in [3.63, 3.8) is 0 Å². The molecule has 3 aromatic carbocycles. The minimum atomic E-state index is -3.67. The predicted octanol–water partition coefficient (Wildman–Crippen LogP) is 3.73. The summed E-state index contributed by atoms with van der Waals surface area (Å²) in [5.74, 6) is 1.91. The molecular weight excluding hydrogens is 390 g/mol. The van der Waals surface area contributed by atoms with E-state index in [0.717, 1.165) is 10.9 Å². The van der Waals surface area contributed by atoms with Crippen LogP contribution in [0.5, 0.6) is 17.2 Å². The number of hydrogen-bond donors (Lipinski definition) is 0. The lowest BCUT2D eigenvalue weighted by Gasteiger charge is -2.19. The highest BCUT2D eigenvalue weighted by molar-refractivity contribution is 7.89. The molecule has 0 radical (unpaired) electrons. The maximum Gasteiger partial charge on any atom is 0.243 e. The van der Waals surface area contributed by atoms with Crippen molar-refractivity contribution in [3.05, 3.63) is 60.2 Å². The van der Waals surface area contributed by atoms with E-state index < -0.39 is 10.0 Å². The minimum Gasteiger partial charge on any atom is -0.496 e. The van der Waals surface area contributed by atoms with E-state index >= 15 is 0 Å². The first-order valence-electron chi connectivity index (χ1n) is 9.15. The molecule has 0 saturated heterocycles. The Balaban J connectivity index is 1.86. The predicted molar refractivity (Wildman–Crippen MR) is 114 cm³/mol. The Morgan fingerprint density at radius 1 is 0.793 bits per heavy atom. The number of rotatable bonds is 8. The summed E-state index contributed by atoms with van der Waals surface area (Å²) >= 11 is 0. The fourth-order valence-corrected chi connectivity index (χ4v) is 4.62. The van der Waals surface area contributed by atoms with Gasteiger partial charge < -0.3 is 14.2 Å². The first-order valence-corrected chi connectivity index (χ1v) is 10.6. The molecular formula is C22H25NO5S. The highest BCUT2D eigenvalue weighted by Gasteiger charge is 2.24. The standard InChI is InChI=1S/C22H25NO5S/c1-23(14-13-16-9-10-20(27-3)21(15-16)28-4)29(24,25)22-12-11-19(26-2)17-7-5-6-8-18(17)22/h5-12,15H,13-14H2,1-4H3. The van der Waals surface area contributed by atoms with Crippen LogP contribution in [0.15, 0.2) is 59.5 Å². The molecule has 0 N–H and O–H groups in total. The summed E-state index contributed by atoms with van der Waals surface area (Å²) in [5, 5.41) is 1.41. The molecule has 0 saturated carbocycles. The van der Waals surface area contributed by atoms with Crippen molar-refractivity contribution in [2.24, 2.45) is 0 Å². The van der Waals surface area contributed by atoms with Gasteiger partial charge in [0.25, 0.3) is 0 Å². The summed E-state index contributed by atoms with van der Waals surface area (Å²) in [5.41, 5.74) is 0.962. The number of likely N-dealkylation sites (N-methyl/N-ethyl adjacent to an activating group) is 1. The average molecular weight is 416 g/mol. The Morgan fingerprint density at radius 3 is 2.07 bits per heavy atom. The van der Waals surface area contributed by atoms with Crippen molar-refractivity contribution in [2.45, 2.75) is 11.3 Å². The second kappa shape index (κ2) is 8.71. The van der Waals surface area contributed by atoms with Crippen LogP contribution in [-0.4, -0.2) is 47.6 Å². The third kappa shape index (κ3) is 4.16. The van der Waals surface area contributed by atoms with Gasteiger partial charge in [-0.25, -0.2) is 12.7 Å². The van der Waals surface area contributed by atoms with Gasteiger partial charge in [-0.1, -0.05) is 30.3 Å². The lowest BCUT2D eigenvalue weighted by molar-refractivity contribution is 0.354. The Morgan fingerprint density at radius 2 is 1.41 bits per heavy atom. The highest BCUT2D eigenvalue weighted by atomic mass is 32.2. The van der Waals surface area contributed by atoms with Crippen LogP contribution in [0.25, 0.3) is 10.8 Å². The van der Waals surface area contributed by atoms with Crippen LogP contribution < -0.4 is 14.2 Å². The van der Waals surface area contributed by atoms with Crippen LogP contribution in [-0.2, 0) is 16.4 Å². The highest BCUT2D eigenvalue weighted by Crippen LogP contribution is 2.32. The molecule has 0 fully saturated rings. The van der Waals surface area contributed by atoms with Crippen LogP contribution in [0, 0.1) is 0 Å². The molecule has 0 spiro atoms. The van der Waals surface area contributed by atoms with Crippen molar-refractivity contribution in [1.29, 1.82) is 0 Å². The Kier molecular flexibility index (Phi) is 6.30. The van der Waals surface area contributed by atoms with Crippen molar-refractivity contribution < 1.29 is 22.6 Å². The quantitative estimate of drug-likeness (QED) is 0.561. The third-order valence-electron chi connectivity index (χ3n) is 4.92. The number of ether oxygens (including phenoxy) is 3. The maximum absolute atomic E-state index is 13.2. The van der Waals surface area contributed by atoms with Gasteiger partial charge >= 0.3 is 0 Å². The molecule has 7 heteroatoms. The molecule has 0 aliphatic carbocycles. The third-order valence-corrected chi connectivity index (χ3v) is 6.83. The van der Waals surface area contributed by atoms with E-state index in [1.54, 1.807) is 46.6 Å². The monoisotopic (exact) mass is 415 g/mol. The van der Waals surface area contributed by atoms with Crippen molar-refractivity contribution in [3.8, 4) is 17.2 Å². The molecule has 29 heavy (non-hydrogen) atoms. The molecule has 3 aromatic rings. The lowest BCUT2D eigenvalue weighted by atomic mass is 10.1. The van der Waals surface area contributed by atoms with Gasteiger partial charge in [-0.05, 0) is 36.2 Å². The molecule has 154 valence electrons. The molecule has 0 aliphatic heterocycles. The van der Waals surface area contributed by atoms with E-state index in [4.69, 9.17) is 14.2 Å². The Hall–Kier alpha value is -2.77. The normalized spacial score (nSPS) is 11.6. The van der Waals surface area contributed by atoms with E-state index in [2.05, 4.69) is 0 Å². The molecule has 0 aliphatic rings. The number of fused-ring (bicyclic) bond motifs is 1. The lowest BCUT2D eigenvalue weighted by Crippen LogP contribution is -2.29. The summed E-state index contributed by atoms with van der Waals surface area (Å²) in [6, 6.07) is 16.2. The van der Waals surface area contributed by atoms with Crippen molar-refractivity contribution in [1.82, 2.24) is 4.31 Å². The van der Waals surface area contributed by atoms with Crippen LogP contribution >= 0.6 is 0 Å². The summed E-state index contributed by atoms with van der Waals surface area (Å²) in [7, 11) is 2.66. The molecule has 0 unspecified atom stereocenters. The summed E-state index contributed by atoms with van der Waals surface area (Å²) in [4.78, 5) is 0.267. The van der Waals surface area contributed by atoms with E-state index in [1.165, 1.54) is 4.31 Å². The number of benzene rings is 3. The van der Waals surface area contributed by atoms with Gasteiger partial charge in [0.2, 0.25) is 10.0 Å². The molecule has 0 atom stereocenters. The van der Waals surface area contributed by atoms with Crippen molar-refractivity contribution >= 4 is 20.8 Å². The Labute approximate surface area is 171 Å². The SMILES string of the molecule is COc1ccc(CCN(C)S(=O)(=O)c2ccc(OC)c3ccccc23)cc1OC. The second-order valence-corrected chi connectivity index (χ2v) is 8.59. The van der Waals surface area contributed by atoms with Crippen LogP contribution in [0.1, 0.15) is 5.56 Å². The molecule has 0 heterocycles. The first-order chi connectivity index (χ1) is 13.9. The molecule has 3 rings (SSSR count). The zero-order valence-corrected chi connectivity index (χ0v) is 17.8. The van der Waals surface area contributed by atoms with Gasteiger partial charge in [0.15, 0.2) is 11.5 Å². The molecule has 0 bridgehead atoms.